The number of hydrogen-bond acceptors (Lipinski definition) is 7. The van der Waals surface area contributed by atoms with Gasteiger partial charge >= 0.3 is 5.82 Å². The average molecular weight is 387 g/mol. The zero-order valence-electron chi connectivity index (χ0n) is 15.3. The Morgan fingerprint density at radius 3 is 2.57 bits per heavy atom. The fraction of sp³-hybridized carbons (Fsp3) is 0.444. The maximum absolute atomic E-state index is 12.4. The summed E-state index contributed by atoms with van der Waals surface area (Å²) in [6.07, 6.45) is 1.45. The van der Waals surface area contributed by atoms with Gasteiger partial charge in [-0.2, -0.15) is 4.68 Å². The minimum absolute atomic E-state index is 0.00992. The maximum Gasteiger partial charge on any atom is 0.389 e. The second kappa shape index (κ2) is 7.85. The Balaban J connectivity index is 1.28. The average Bonchev–Trinajstić information content (AvgIpc) is 3.17. The van der Waals surface area contributed by atoms with Crippen LogP contribution >= 0.6 is 0 Å². The third-order valence-corrected chi connectivity index (χ3v) is 4.85. The number of piperazine rings is 1. The van der Waals surface area contributed by atoms with E-state index >= 15 is 0 Å². The Morgan fingerprint density at radius 1 is 1.11 bits per heavy atom. The standard InChI is InChI=1S/C18H21N5O5/c24-18(13-22-4-3-17(19-22)23(25)26)21-7-5-20(6-8-21)12-14-1-2-15-16(11-14)28-10-9-27-15/h1-4,11H,5-10,12-13H2. The summed E-state index contributed by atoms with van der Waals surface area (Å²) in [7, 11) is 0. The lowest BCUT2D eigenvalue weighted by molar-refractivity contribution is -0.389. The molecule has 4 rings (SSSR count). The van der Waals surface area contributed by atoms with Gasteiger partial charge in [0.15, 0.2) is 11.5 Å². The van der Waals surface area contributed by atoms with Crippen molar-refractivity contribution >= 4 is 11.7 Å². The molecule has 2 aliphatic heterocycles. The molecule has 10 heteroatoms. The molecule has 0 atom stereocenters. The highest BCUT2D eigenvalue weighted by atomic mass is 16.6. The van der Waals surface area contributed by atoms with Gasteiger partial charge in [0.05, 0.1) is 17.4 Å². The molecule has 0 N–H and O–H groups in total. The van der Waals surface area contributed by atoms with Gasteiger partial charge in [-0.3, -0.25) is 9.69 Å². The zero-order chi connectivity index (χ0) is 19.5. The number of fused-ring (bicyclic) bond motifs is 1. The first-order valence-corrected chi connectivity index (χ1v) is 9.15. The van der Waals surface area contributed by atoms with E-state index < -0.39 is 4.92 Å². The predicted octanol–water partition coefficient (Wildman–Crippen LogP) is 0.907. The van der Waals surface area contributed by atoms with Crippen LogP contribution in [-0.2, 0) is 17.9 Å². The van der Waals surface area contributed by atoms with E-state index in [9.17, 15) is 14.9 Å². The van der Waals surface area contributed by atoms with Crippen molar-refractivity contribution in [1.29, 1.82) is 0 Å². The Hall–Kier alpha value is -3.14. The van der Waals surface area contributed by atoms with Gasteiger partial charge in [-0.1, -0.05) is 6.07 Å². The van der Waals surface area contributed by atoms with Crippen LogP contribution < -0.4 is 9.47 Å². The van der Waals surface area contributed by atoms with Gasteiger partial charge in [0.1, 0.15) is 19.8 Å². The molecule has 28 heavy (non-hydrogen) atoms. The van der Waals surface area contributed by atoms with Crippen molar-refractivity contribution in [3.63, 3.8) is 0 Å². The number of carbonyl (C=O) groups excluding carboxylic acids is 1. The SMILES string of the molecule is O=C(Cn1ccc([N+](=O)[O-])n1)N1CCN(Cc2ccc3c(c2)OCCO3)CC1. The minimum atomic E-state index is -0.572. The van der Waals surface area contributed by atoms with Gasteiger partial charge in [-0.25, -0.2) is 0 Å². The van der Waals surface area contributed by atoms with Crippen LogP contribution in [0.15, 0.2) is 30.5 Å². The number of nitro groups is 1. The first-order valence-electron chi connectivity index (χ1n) is 9.15. The summed E-state index contributed by atoms with van der Waals surface area (Å²) >= 11 is 0. The molecule has 0 unspecified atom stereocenters. The van der Waals surface area contributed by atoms with Crippen LogP contribution in [0.1, 0.15) is 5.56 Å². The van der Waals surface area contributed by atoms with Crippen molar-refractivity contribution in [2.24, 2.45) is 0 Å². The molecule has 10 nitrogen and oxygen atoms in total. The Labute approximate surface area is 161 Å². The van der Waals surface area contributed by atoms with Gasteiger partial charge in [0.25, 0.3) is 0 Å². The van der Waals surface area contributed by atoms with Crippen molar-refractivity contribution in [3.8, 4) is 11.5 Å². The Bertz CT molecular complexity index is 875. The highest BCUT2D eigenvalue weighted by molar-refractivity contribution is 5.76. The minimum Gasteiger partial charge on any atom is -0.486 e. The van der Waals surface area contributed by atoms with E-state index in [0.717, 1.165) is 36.7 Å². The van der Waals surface area contributed by atoms with Gasteiger partial charge in [-0.05, 0) is 22.6 Å². The molecule has 2 aromatic rings. The number of rotatable bonds is 5. The lowest BCUT2D eigenvalue weighted by Gasteiger charge is -2.34. The third-order valence-electron chi connectivity index (χ3n) is 4.85. The molecule has 1 fully saturated rings. The van der Waals surface area contributed by atoms with Gasteiger partial charge in [0.2, 0.25) is 5.91 Å². The van der Waals surface area contributed by atoms with Crippen LogP contribution in [0, 0.1) is 10.1 Å². The van der Waals surface area contributed by atoms with Crippen LogP contribution in [0.5, 0.6) is 11.5 Å². The molecule has 0 radical (unpaired) electrons. The lowest BCUT2D eigenvalue weighted by atomic mass is 10.1. The molecule has 1 amide bonds. The van der Waals surface area contributed by atoms with E-state index in [1.165, 1.54) is 16.9 Å². The molecule has 0 saturated carbocycles. The smallest absolute Gasteiger partial charge is 0.389 e. The number of hydrogen-bond donors (Lipinski definition) is 0. The highest BCUT2D eigenvalue weighted by Crippen LogP contribution is 2.31. The normalized spacial score (nSPS) is 16.8. The third kappa shape index (κ3) is 4.06. The van der Waals surface area contributed by atoms with Crippen molar-refractivity contribution < 1.29 is 19.2 Å². The number of amides is 1. The molecule has 2 aliphatic rings. The molecule has 0 spiro atoms. The Morgan fingerprint density at radius 2 is 1.86 bits per heavy atom. The first kappa shape index (κ1) is 18.2. The summed E-state index contributed by atoms with van der Waals surface area (Å²) < 4.78 is 12.5. The fourth-order valence-electron chi connectivity index (χ4n) is 3.37. The quantitative estimate of drug-likeness (QED) is 0.555. The van der Waals surface area contributed by atoms with Crippen LogP contribution in [0.25, 0.3) is 0 Å². The number of benzene rings is 1. The predicted molar refractivity (Wildman–Crippen MR) is 98.2 cm³/mol. The second-order valence-corrected chi connectivity index (χ2v) is 6.76. The van der Waals surface area contributed by atoms with Gasteiger partial charge < -0.3 is 24.5 Å². The molecular weight excluding hydrogens is 366 g/mol. The number of aromatic nitrogens is 2. The highest BCUT2D eigenvalue weighted by Gasteiger charge is 2.23. The Kier molecular flexibility index (Phi) is 5.11. The summed E-state index contributed by atoms with van der Waals surface area (Å²) in [5, 5.41) is 14.5. The van der Waals surface area contributed by atoms with E-state index in [4.69, 9.17) is 9.47 Å². The van der Waals surface area contributed by atoms with Crippen LogP contribution in [0.2, 0.25) is 0 Å². The molecule has 3 heterocycles. The maximum atomic E-state index is 12.4. The molecule has 1 saturated heterocycles. The van der Waals surface area contributed by atoms with Crippen molar-refractivity contribution in [2.75, 3.05) is 39.4 Å². The molecular formula is C18H21N5O5. The number of carbonyl (C=O) groups is 1. The molecule has 1 aromatic carbocycles. The van der Waals surface area contributed by atoms with Crippen molar-refractivity contribution in [3.05, 3.63) is 46.1 Å². The molecule has 148 valence electrons. The number of nitrogens with zero attached hydrogens (tertiary/aromatic N) is 5. The lowest BCUT2D eigenvalue weighted by Crippen LogP contribution is -2.49. The molecule has 0 aliphatic carbocycles. The summed E-state index contributed by atoms with van der Waals surface area (Å²) in [6.45, 7) is 4.70. The molecule has 0 bridgehead atoms. The summed E-state index contributed by atoms with van der Waals surface area (Å²) in [6, 6.07) is 7.28. The van der Waals surface area contributed by atoms with E-state index in [0.29, 0.717) is 26.3 Å². The van der Waals surface area contributed by atoms with Crippen LogP contribution in [0.3, 0.4) is 0 Å². The fourth-order valence-corrected chi connectivity index (χ4v) is 3.37. The van der Waals surface area contributed by atoms with Gasteiger partial charge in [-0.15, -0.1) is 0 Å². The largest absolute Gasteiger partial charge is 0.486 e. The summed E-state index contributed by atoms with van der Waals surface area (Å²) in [4.78, 5) is 26.6. The van der Waals surface area contributed by atoms with E-state index in [-0.39, 0.29) is 18.3 Å². The summed E-state index contributed by atoms with van der Waals surface area (Å²) in [5.41, 5.74) is 1.15. The number of ether oxygens (including phenoxy) is 2. The van der Waals surface area contributed by atoms with E-state index in [1.54, 1.807) is 4.90 Å². The first-order chi connectivity index (χ1) is 13.6. The van der Waals surface area contributed by atoms with E-state index in [2.05, 4.69) is 10.00 Å². The van der Waals surface area contributed by atoms with Crippen molar-refractivity contribution in [2.45, 2.75) is 13.1 Å². The van der Waals surface area contributed by atoms with Gasteiger partial charge in [0, 0.05) is 32.7 Å². The van der Waals surface area contributed by atoms with Crippen LogP contribution in [-0.4, -0.2) is 69.8 Å². The topological polar surface area (TPSA) is 103 Å². The molecule has 1 aromatic heterocycles. The summed E-state index contributed by atoms with van der Waals surface area (Å²) in [5.74, 6) is 1.23. The second-order valence-electron chi connectivity index (χ2n) is 6.76. The zero-order valence-corrected chi connectivity index (χ0v) is 15.3. The van der Waals surface area contributed by atoms with Crippen molar-refractivity contribution in [1.82, 2.24) is 19.6 Å². The van der Waals surface area contributed by atoms with Crippen LogP contribution in [0.4, 0.5) is 5.82 Å². The van der Waals surface area contributed by atoms with E-state index in [1.807, 2.05) is 18.2 Å². The monoisotopic (exact) mass is 387 g/mol.